The van der Waals surface area contributed by atoms with Gasteiger partial charge in [-0.3, -0.25) is 4.98 Å². The standard InChI is InChI=1S/C16H15Cl2N3/c1-11(12-6-9-19-10-7-12)21-15(5-8-17)20-14-4-2-3-13(18)16(14)21/h2-4,6-7,9-11H,5,8H2,1H3. The minimum Gasteiger partial charge on any atom is -0.319 e. The Morgan fingerprint density at radius 2 is 1.95 bits per heavy atom. The third kappa shape index (κ3) is 2.63. The largest absolute Gasteiger partial charge is 0.319 e. The molecule has 0 amide bonds. The number of para-hydroxylation sites is 1. The molecular formula is C16H15Cl2N3. The summed E-state index contributed by atoms with van der Waals surface area (Å²) in [7, 11) is 0. The maximum absolute atomic E-state index is 6.40. The Kier molecular flexibility index (Phi) is 4.13. The Labute approximate surface area is 133 Å². The van der Waals surface area contributed by atoms with Crippen LogP contribution in [0.1, 0.15) is 24.4 Å². The number of hydrogen-bond donors (Lipinski definition) is 0. The highest BCUT2D eigenvalue weighted by molar-refractivity contribution is 6.35. The van der Waals surface area contributed by atoms with Gasteiger partial charge in [0.15, 0.2) is 0 Å². The smallest absolute Gasteiger partial charge is 0.111 e. The van der Waals surface area contributed by atoms with Gasteiger partial charge in [-0.25, -0.2) is 4.98 Å². The molecule has 0 spiro atoms. The zero-order chi connectivity index (χ0) is 14.8. The second-order valence-corrected chi connectivity index (χ2v) is 5.69. The molecule has 3 rings (SSSR count). The Morgan fingerprint density at radius 1 is 1.19 bits per heavy atom. The van der Waals surface area contributed by atoms with Crippen LogP contribution in [0.5, 0.6) is 0 Å². The highest BCUT2D eigenvalue weighted by Gasteiger charge is 2.18. The van der Waals surface area contributed by atoms with Crippen LogP contribution in [0.15, 0.2) is 42.7 Å². The van der Waals surface area contributed by atoms with Crippen LogP contribution in [-0.4, -0.2) is 20.4 Å². The lowest BCUT2D eigenvalue weighted by atomic mass is 10.1. The summed E-state index contributed by atoms with van der Waals surface area (Å²) >= 11 is 12.3. The van der Waals surface area contributed by atoms with Gasteiger partial charge in [-0.1, -0.05) is 17.7 Å². The number of halogens is 2. The number of hydrogen-bond acceptors (Lipinski definition) is 2. The predicted molar refractivity (Wildman–Crippen MR) is 87.2 cm³/mol. The Hall–Kier alpha value is -1.58. The molecule has 0 saturated heterocycles. The topological polar surface area (TPSA) is 30.7 Å². The van der Waals surface area contributed by atoms with Crippen LogP contribution in [0, 0.1) is 0 Å². The molecule has 0 aliphatic rings. The molecule has 0 aliphatic heterocycles. The average Bonchev–Trinajstić information content (AvgIpc) is 2.87. The van der Waals surface area contributed by atoms with Gasteiger partial charge in [0, 0.05) is 24.7 Å². The fourth-order valence-electron chi connectivity index (χ4n) is 2.62. The van der Waals surface area contributed by atoms with Gasteiger partial charge in [0.05, 0.1) is 22.1 Å². The molecule has 108 valence electrons. The number of imidazole rings is 1. The number of aryl methyl sites for hydroxylation is 1. The summed E-state index contributed by atoms with van der Waals surface area (Å²) < 4.78 is 2.18. The van der Waals surface area contributed by atoms with Crippen molar-refractivity contribution in [1.29, 1.82) is 0 Å². The van der Waals surface area contributed by atoms with Crippen molar-refractivity contribution in [1.82, 2.24) is 14.5 Å². The average molecular weight is 320 g/mol. The van der Waals surface area contributed by atoms with Crippen molar-refractivity contribution >= 4 is 34.2 Å². The number of nitrogens with zero attached hydrogens (tertiary/aromatic N) is 3. The van der Waals surface area contributed by atoms with Crippen LogP contribution < -0.4 is 0 Å². The quantitative estimate of drug-likeness (QED) is 0.664. The molecule has 0 fully saturated rings. The monoisotopic (exact) mass is 319 g/mol. The van der Waals surface area contributed by atoms with Crippen LogP contribution in [0.2, 0.25) is 5.02 Å². The second kappa shape index (κ2) is 6.04. The zero-order valence-corrected chi connectivity index (χ0v) is 13.1. The molecule has 1 unspecified atom stereocenters. The van der Waals surface area contributed by atoms with Gasteiger partial charge < -0.3 is 4.57 Å². The van der Waals surface area contributed by atoms with Gasteiger partial charge in [0.2, 0.25) is 0 Å². The molecule has 0 aliphatic carbocycles. The van der Waals surface area contributed by atoms with Crippen molar-refractivity contribution in [2.24, 2.45) is 0 Å². The first-order chi connectivity index (χ1) is 10.2. The highest BCUT2D eigenvalue weighted by atomic mass is 35.5. The van der Waals surface area contributed by atoms with E-state index in [1.165, 1.54) is 5.56 Å². The summed E-state index contributed by atoms with van der Waals surface area (Å²) in [5.74, 6) is 1.49. The molecule has 0 saturated carbocycles. The molecule has 0 radical (unpaired) electrons. The highest BCUT2D eigenvalue weighted by Crippen LogP contribution is 2.30. The molecule has 5 heteroatoms. The molecule has 0 bridgehead atoms. The summed E-state index contributed by atoms with van der Waals surface area (Å²) in [6.45, 7) is 2.14. The van der Waals surface area contributed by atoms with Crippen LogP contribution in [0.4, 0.5) is 0 Å². The lowest BCUT2D eigenvalue weighted by Gasteiger charge is -2.18. The number of aromatic nitrogens is 3. The van der Waals surface area contributed by atoms with Gasteiger partial charge >= 0.3 is 0 Å². The maximum atomic E-state index is 6.40. The van der Waals surface area contributed by atoms with Gasteiger partial charge in [-0.05, 0) is 36.8 Å². The maximum Gasteiger partial charge on any atom is 0.111 e. The van der Waals surface area contributed by atoms with E-state index in [1.807, 2.05) is 30.3 Å². The molecule has 1 atom stereocenters. The minimum absolute atomic E-state index is 0.121. The number of benzene rings is 1. The molecule has 3 aromatic rings. The number of fused-ring (bicyclic) bond motifs is 1. The first-order valence-corrected chi connectivity index (χ1v) is 7.75. The van der Waals surface area contributed by atoms with E-state index >= 15 is 0 Å². The molecule has 21 heavy (non-hydrogen) atoms. The fourth-order valence-corrected chi connectivity index (χ4v) is 3.05. The van der Waals surface area contributed by atoms with Crippen molar-refractivity contribution in [2.75, 3.05) is 5.88 Å². The lowest BCUT2D eigenvalue weighted by Crippen LogP contribution is -2.11. The van der Waals surface area contributed by atoms with Gasteiger partial charge in [0.1, 0.15) is 5.82 Å². The van der Waals surface area contributed by atoms with E-state index in [0.717, 1.165) is 16.9 Å². The van der Waals surface area contributed by atoms with Crippen molar-refractivity contribution in [3.63, 3.8) is 0 Å². The number of pyridine rings is 1. The molecule has 1 aromatic carbocycles. The molecule has 3 nitrogen and oxygen atoms in total. The Bertz CT molecular complexity index is 753. The van der Waals surface area contributed by atoms with Crippen LogP contribution >= 0.6 is 23.2 Å². The minimum atomic E-state index is 0.121. The first kappa shape index (κ1) is 14.4. The third-order valence-corrected chi connectivity index (χ3v) is 4.12. The Morgan fingerprint density at radius 3 is 2.67 bits per heavy atom. The van der Waals surface area contributed by atoms with Crippen molar-refractivity contribution in [3.05, 3.63) is 59.1 Å². The summed E-state index contributed by atoms with van der Waals surface area (Å²) in [5, 5.41) is 0.710. The van der Waals surface area contributed by atoms with E-state index in [4.69, 9.17) is 23.2 Å². The van der Waals surface area contributed by atoms with Crippen molar-refractivity contribution < 1.29 is 0 Å². The SMILES string of the molecule is CC(c1ccncc1)n1c(CCCl)nc2cccc(Cl)c21. The summed E-state index contributed by atoms with van der Waals surface area (Å²) in [6, 6.07) is 9.94. The number of rotatable bonds is 4. The van der Waals surface area contributed by atoms with E-state index in [1.54, 1.807) is 12.4 Å². The summed E-state index contributed by atoms with van der Waals surface area (Å²) in [6.07, 6.45) is 4.31. The Balaban J connectivity index is 2.21. The van der Waals surface area contributed by atoms with Gasteiger partial charge in [-0.2, -0.15) is 0 Å². The van der Waals surface area contributed by atoms with Gasteiger partial charge in [0.25, 0.3) is 0 Å². The van der Waals surface area contributed by atoms with Crippen LogP contribution in [0.25, 0.3) is 11.0 Å². The number of alkyl halides is 1. The molecular weight excluding hydrogens is 305 g/mol. The van der Waals surface area contributed by atoms with E-state index in [-0.39, 0.29) is 6.04 Å². The first-order valence-electron chi connectivity index (χ1n) is 6.83. The molecule has 2 aromatic heterocycles. The van der Waals surface area contributed by atoms with E-state index < -0.39 is 0 Å². The zero-order valence-electron chi connectivity index (χ0n) is 11.6. The third-order valence-electron chi connectivity index (χ3n) is 3.63. The van der Waals surface area contributed by atoms with Gasteiger partial charge in [-0.15, -0.1) is 11.6 Å². The van der Waals surface area contributed by atoms with Crippen LogP contribution in [-0.2, 0) is 6.42 Å². The molecule has 0 N–H and O–H groups in total. The van der Waals surface area contributed by atoms with Crippen molar-refractivity contribution in [2.45, 2.75) is 19.4 Å². The van der Waals surface area contributed by atoms with E-state index in [9.17, 15) is 0 Å². The predicted octanol–water partition coefficient (Wildman–Crippen LogP) is 4.48. The van der Waals surface area contributed by atoms with Crippen LogP contribution in [0.3, 0.4) is 0 Å². The molecule has 2 heterocycles. The van der Waals surface area contributed by atoms with E-state index in [2.05, 4.69) is 21.5 Å². The summed E-state index contributed by atoms with van der Waals surface area (Å²) in [5.41, 5.74) is 3.03. The fraction of sp³-hybridized carbons (Fsp3) is 0.250. The second-order valence-electron chi connectivity index (χ2n) is 4.90. The van der Waals surface area contributed by atoms with Crippen molar-refractivity contribution in [3.8, 4) is 0 Å². The van der Waals surface area contributed by atoms with E-state index in [0.29, 0.717) is 17.3 Å². The lowest BCUT2D eigenvalue weighted by molar-refractivity contribution is 0.623. The normalized spacial score (nSPS) is 12.7. The summed E-state index contributed by atoms with van der Waals surface area (Å²) in [4.78, 5) is 8.76.